The summed E-state index contributed by atoms with van der Waals surface area (Å²) in [6.45, 7) is -0.740. The molecule has 13 heteroatoms. The minimum atomic E-state index is -1.86. The third kappa shape index (κ3) is 4.12. The lowest BCUT2D eigenvalue weighted by molar-refractivity contribution is -0.277. The molecule has 36 heavy (non-hydrogen) atoms. The fraction of sp³-hybridized carbons (Fsp3) is 0.348. The number of fused-ring (bicyclic) bond motifs is 1. The molecule has 0 amide bonds. The van der Waals surface area contributed by atoms with Gasteiger partial charge in [-0.2, -0.15) is 0 Å². The maximum atomic E-state index is 13.6. The molecule has 2 heterocycles. The Morgan fingerprint density at radius 3 is 2.25 bits per heavy atom. The van der Waals surface area contributed by atoms with Crippen LogP contribution in [0.1, 0.15) is 0 Å². The van der Waals surface area contributed by atoms with E-state index < -0.39 is 65.4 Å². The van der Waals surface area contributed by atoms with E-state index in [9.17, 15) is 40.5 Å². The Balaban J connectivity index is 1.98. The van der Waals surface area contributed by atoms with Gasteiger partial charge in [-0.3, -0.25) is 4.79 Å². The molecule has 0 spiro atoms. The number of hydrogen-bond acceptors (Lipinski definition) is 13. The molecule has 7 N–H and O–H groups in total. The lowest BCUT2D eigenvalue weighted by atomic mass is 9.99. The van der Waals surface area contributed by atoms with E-state index in [0.29, 0.717) is 0 Å². The van der Waals surface area contributed by atoms with E-state index in [1.165, 1.54) is 32.4 Å². The van der Waals surface area contributed by atoms with Gasteiger partial charge in [0.15, 0.2) is 28.6 Å². The van der Waals surface area contributed by atoms with Gasteiger partial charge >= 0.3 is 0 Å². The van der Waals surface area contributed by atoms with Crippen molar-refractivity contribution in [1.29, 1.82) is 0 Å². The second-order valence-corrected chi connectivity index (χ2v) is 7.94. The first-order chi connectivity index (χ1) is 17.1. The zero-order valence-electron chi connectivity index (χ0n) is 19.0. The van der Waals surface area contributed by atoms with Crippen LogP contribution in [0.15, 0.2) is 33.5 Å². The first-order valence-electron chi connectivity index (χ1n) is 10.6. The molecule has 0 saturated carbocycles. The lowest BCUT2D eigenvalue weighted by Gasteiger charge is -2.39. The smallest absolute Gasteiger partial charge is 0.239 e. The average Bonchev–Trinajstić information content (AvgIpc) is 2.85. The van der Waals surface area contributed by atoms with Crippen molar-refractivity contribution in [2.45, 2.75) is 30.7 Å². The molecule has 0 aliphatic carbocycles. The van der Waals surface area contributed by atoms with Gasteiger partial charge in [0.2, 0.25) is 23.2 Å². The number of benzene rings is 2. The highest BCUT2D eigenvalue weighted by atomic mass is 16.7. The van der Waals surface area contributed by atoms with E-state index in [4.69, 9.17) is 23.4 Å². The summed E-state index contributed by atoms with van der Waals surface area (Å²) in [4.78, 5) is 13.6. The molecule has 1 aliphatic rings. The molecule has 1 saturated heterocycles. The molecular weight excluding hydrogens is 484 g/mol. The third-order valence-electron chi connectivity index (χ3n) is 5.77. The van der Waals surface area contributed by atoms with Crippen molar-refractivity contribution in [3.63, 3.8) is 0 Å². The quantitative estimate of drug-likeness (QED) is 0.230. The van der Waals surface area contributed by atoms with Crippen LogP contribution in [-0.4, -0.2) is 87.3 Å². The monoisotopic (exact) mass is 508 g/mol. The molecule has 13 nitrogen and oxygen atoms in total. The Bertz CT molecular complexity index is 1330. The van der Waals surface area contributed by atoms with Gasteiger partial charge in [0.1, 0.15) is 35.6 Å². The van der Waals surface area contributed by atoms with Gasteiger partial charge in [0.05, 0.1) is 20.8 Å². The van der Waals surface area contributed by atoms with Crippen LogP contribution in [0.3, 0.4) is 0 Å². The highest BCUT2D eigenvalue weighted by Crippen LogP contribution is 2.44. The summed E-state index contributed by atoms with van der Waals surface area (Å²) in [5.41, 5.74) is -1.21. The normalized spacial score (nSPS) is 24.0. The fourth-order valence-electron chi connectivity index (χ4n) is 3.89. The van der Waals surface area contributed by atoms with Crippen molar-refractivity contribution < 1.29 is 59.1 Å². The topological polar surface area (TPSA) is 209 Å². The van der Waals surface area contributed by atoms with E-state index in [1.54, 1.807) is 0 Å². The van der Waals surface area contributed by atoms with Crippen LogP contribution < -0.4 is 19.6 Å². The molecule has 1 aliphatic heterocycles. The van der Waals surface area contributed by atoms with Gasteiger partial charge in [-0.25, -0.2) is 0 Å². The highest BCUT2D eigenvalue weighted by Gasteiger charge is 2.45. The standard InChI is InChI=1S/C23H24O13/c1-32-12-5-8(3-4-9(12)25)19-22(36-23-18(31)17(30)15(28)13(7-24)34-23)16(29)14-10(26)6-11(27)20(33-2)21(14)35-19/h3-6,13,15,17-18,23-28,30-31H,7H2,1-2H3. The van der Waals surface area contributed by atoms with Crippen LogP contribution in [0.5, 0.6) is 34.5 Å². The number of phenols is 3. The van der Waals surface area contributed by atoms with Crippen LogP contribution in [0.4, 0.5) is 0 Å². The van der Waals surface area contributed by atoms with Crippen LogP contribution >= 0.6 is 0 Å². The van der Waals surface area contributed by atoms with E-state index in [2.05, 4.69) is 0 Å². The summed E-state index contributed by atoms with van der Waals surface area (Å²) in [6, 6.07) is 4.75. The van der Waals surface area contributed by atoms with Crippen molar-refractivity contribution in [3.8, 4) is 45.8 Å². The van der Waals surface area contributed by atoms with Gasteiger partial charge in [0.25, 0.3) is 0 Å². The molecule has 0 radical (unpaired) electrons. The number of aliphatic hydroxyl groups excluding tert-OH is 4. The second-order valence-electron chi connectivity index (χ2n) is 7.94. The van der Waals surface area contributed by atoms with E-state index >= 15 is 0 Å². The third-order valence-corrected chi connectivity index (χ3v) is 5.77. The molecule has 5 unspecified atom stereocenters. The Morgan fingerprint density at radius 2 is 1.61 bits per heavy atom. The molecule has 5 atom stereocenters. The van der Waals surface area contributed by atoms with E-state index in [0.717, 1.165) is 6.07 Å². The Labute approximate surface area is 202 Å². The predicted molar refractivity (Wildman–Crippen MR) is 120 cm³/mol. The molecular formula is C23H24O13. The summed E-state index contributed by atoms with van der Waals surface area (Å²) >= 11 is 0. The first kappa shape index (κ1) is 25.3. The van der Waals surface area contributed by atoms with Gasteiger partial charge in [-0.1, -0.05) is 0 Å². The van der Waals surface area contributed by atoms with Gasteiger partial charge < -0.3 is 59.1 Å². The minimum Gasteiger partial charge on any atom is -0.507 e. The average molecular weight is 508 g/mol. The number of aromatic hydroxyl groups is 3. The fourth-order valence-corrected chi connectivity index (χ4v) is 3.89. The Hall–Kier alpha value is -3.75. The van der Waals surface area contributed by atoms with Crippen LogP contribution in [-0.2, 0) is 4.74 Å². The summed E-state index contributed by atoms with van der Waals surface area (Å²) in [5, 5.41) is 70.1. The molecule has 1 fully saturated rings. The van der Waals surface area contributed by atoms with Crippen LogP contribution in [0, 0.1) is 0 Å². The minimum absolute atomic E-state index is 0.000225. The van der Waals surface area contributed by atoms with Gasteiger partial charge in [-0.05, 0) is 18.2 Å². The Morgan fingerprint density at radius 1 is 0.889 bits per heavy atom. The largest absolute Gasteiger partial charge is 0.507 e. The molecule has 194 valence electrons. The lowest BCUT2D eigenvalue weighted by Crippen LogP contribution is -2.60. The molecule has 0 bridgehead atoms. The number of phenolic OH excluding ortho intramolecular Hbond substituents is 3. The molecule has 3 aromatic rings. The summed E-state index contributed by atoms with van der Waals surface area (Å²) < 4.78 is 27.1. The van der Waals surface area contributed by atoms with Gasteiger partial charge in [0, 0.05) is 11.6 Å². The zero-order chi connectivity index (χ0) is 26.3. The second kappa shape index (κ2) is 9.72. The zero-order valence-corrected chi connectivity index (χ0v) is 19.0. The highest BCUT2D eigenvalue weighted by molar-refractivity contribution is 5.93. The number of aliphatic hydroxyl groups is 4. The van der Waals surface area contributed by atoms with Crippen molar-refractivity contribution in [1.82, 2.24) is 0 Å². The Kier molecular flexibility index (Phi) is 6.84. The van der Waals surface area contributed by atoms with Crippen LogP contribution in [0.2, 0.25) is 0 Å². The van der Waals surface area contributed by atoms with Crippen LogP contribution in [0.25, 0.3) is 22.3 Å². The number of ether oxygens (including phenoxy) is 4. The van der Waals surface area contributed by atoms with E-state index in [-0.39, 0.29) is 34.2 Å². The molecule has 2 aromatic carbocycles. The molecule has 4 rings (SSSR count). The van der Waals surface area contributed by atoms with Crippen molar-refractivity contribution in [2.75, 3.05) is 20.8 Å². The predicted octanol–water partition coefficient (Wildman–Crippen LogP) is -0.227. The first-order valence-corrected chi connectivity index (χ1v) is 10.6. The van der Waals surface area contributed by atoms with Gasteiger partial charge in [-0.15, -0.1) is 0 Å². The number of methoxy groups -OCH3 is 2. The maximum absolute atomic E-state index is 13.6. The summed E-state index contributed by atoms with van der Waals surface area (Å²) in [6.07, 6.45) is -8.42. The summed E-state index contributed by atoms with van der Waals surface area (Å²) in [5.74, 6) is -2.62. The van der Waals surface area contributed by atoms with Crippen molar-refractivity contribution in [3.05, 3.63) is 34.5 Å². The van der Waals surface area contributed by atoms with Crippen molar-refractivity contribution in [2.24, 2.45) is 0 Å². The van der Waals surface area contributed by atoms with E-state index in [1.807, 2.05) is 0 Å². The number of rotatable bonds is 6. The maximum Gasteiger partial charge on any atom is 0.239 e. The molecule has 1 aromatic heterocycles. The summed E-state index contributed by atoms with van der Waals surface area (Å²) in [7, 11) is 2.49. The van der Waals surface area contributed by atoms with Crippen molar-refractivity contribution >= 4 is 11.0 Å². The number of hydrogen-bond donors (Lipinski definition) is 7. The SMILES string of the molecule is COc1cc(-c2oc3c(OC)c(O)cc(O)c3c(=O)c2OC2OC(CO)C(O)C(O)C2O)ccc1O.